The number of halogens is 1. The van der Waals surface area contributed by atoms with Crippen LogP contribution in [-0.2, 0) is 11.2 Å². The fraction of sp³-hybridized carbons (Fsp3) is 0.667. The van der Waals surface area contributed by atoms with Crippen molar-refractivity contribution in [2.75, 3.05) is 18.9 Å². The van der Waals surface area contributed by atoms with E-state index in [0.29, 0.717) is 11.7 Å². The first-order valence-corrected chi connectivity index (χ1v) is 6.91. The van der Waals surface area contributed by atoms with Gasteiger partial charge in [-0.15, -0.1) is 0 Å². The number of nitrogens with two attached hydrogens (primary N) is 1. The molecule has 0 unspecified atom stereocenters. The van der Waals surface area contributed by atoms with Crippen LogP contribution in [0.3, 0.4) is 0 Å². The van der Waals surface area contributed by atoms with Crippen molar-refractivity contribution in [3.63, 3.8) is 0 Å². The summed E-state index contributed by atoms with van der Waals surface area (Å²) in [5.74, 6) is 1.84. The van der Waals surface area contributed by atoms with E-state index in [9.17, 15) is 0 Å². The minimum Gasteiger partial charge on any atom is -0.383 e. The molecule has 1 saturated heterocycles. The SMILES string of the molecule is CCCc1nc(C2CCOCC2)nc(N)c1Br. The van der Waals surface area contributed by atoms with Crippen molar-refractivity contribution in [1.29, 1.82) is 0 Å². The molecule has 0 radical (unpaired) electrons. The molecule has 0 amide bonds. The molecule has 0 aromatic carbocycles. The molecular weight excluding hydrogens is 282 g/mol. The summed E-state index contributed by atoms with van der Waals surface area (Å²) < 4.78 is 6.21. The topological polar surface area (TPSA) is 61.0 Å². The van der Waals surface area contributed by atoms with Crippen LogP contribution in [0, 0.1) is 0 Å². The number of aromatic nitrogens is 2. The summed E-state index contributed by atoms with van der Waals surface area (Å²) in [5.41, 5.74) is 6.96. The van der Waals surface area contributed by atoms with Gasteiger partial charge in [-0.1, -0.05) is 13.3 Å². The van der Waals surface area contributed by atoms with E-state index < -0.39 is 0 Å². The summed E-state index contributed by atoms with van der Waals surface area (Å²) in [6.07, 6.45) is 3.98. The first-order chi connectivity index (χ1) is 8.22. The zero-order chi connectivity index (χ0) is 12.3. The van der Waals surface area contributed by atoms with Crippen molar-refractivity contribution in [3.8, 4) is 0 Å². The van der Waals surface area contributed by atoms with Crippen molar-refractivity contribution in [3.05, 3.63) is 16.0 Å². The quantitative estimate of drug-likeness (QED) is 0.932. The van der Waals surface area contributed by atoms with E-state index in [2.05, 4.69) is 32.8 Å². The third-order valence-electron chi connectivity index (χ3n) is 3.04. The third-order valence-corrected chi connectivity index (χ3v) is 3.90. The number of aryl methyl sites for hydroxylation is 1. The van der Waals surface area contributed by atoms with Gasteiger partial charge in [0, 0.05) is 19.1 Å². The molecule has 0 saturated carbocycles. The van der Waals surface area contributed by atoms with Crippen molar-refractivity contribution >= 4 is 21.7 Å². The summed E-state index contributed by atoms with van der Waals surface area (Å²) in [6.45, 7) is 3.74. The molecule has 1 aliphatic rings. The van der Waals surface area contributed by atoms with E-state index in [1.165, 1.54) is 0 Å². The molecule has 0 aliphatic carbocycles. The predicted molar refractivity (Wildman–Crippen MR) is 70.9 cm³/mol. The lowest BCUT2D eigenvalue weighted by molar-refractivity contribution is 0.0835. The third kappa shape index (κ3) is 2.96. The molecule has 5 heteroatoms. The van der Waals surface area contributed by atoms with Crippen LogP contribution < -0.4 is 5.73 Å². The number of nitrogen functional groups attached to an aromatic ring is 1. The molecule has 0 atom stereocenters. The average Bonchev–Trinajstić information content (AvgIpc) is 2.36. The monoisotopic (exact) mass is 299 g/mol. The Bertz CT molecular complexity index is 392. The second kappa shape index (κ2) is 5.78. The number of ether oxygens (including phenoxy) is 1. The van der Waals surface area contributed by atoms with Crippen molar-refractivity contribution in [2.45, 2.75) is 38.5 Å². The van der Waals surface area contributed by atoms with Crippen LogP contribution in [0.4, 0.5) is 5.82 Å². The second-order valence-corrected chi connectivity index (χ2v) is 5.16. The normalized spacial score (nSPS) is 17.3. The molecular formula is C12H18BrN3O. The molecule has 1 aromatic rings. The van der Waals surface area contributed by atoms with Gasteiger partial charge in [0.2, 0.25) is 0 Å². The van der Waals surface area contributed by atoms with E-state index >= 15 is 0 Å². The predicted octanol–water partition coefficient (Wildman–Crippen LogP) is 2.67. The molecule has 2 heterocycles. The van der Waals surface area contributed by atoms with Gasteiger partial charge in [0.25, 0.3) is 0 Å². The van der Waals surface area contributed by atoms with Gasteiger partial charge in [-0.05, 0) is 35.2 Å². The Hall–Kier alpha value is -0.680. The van der Waals surface area contributed by atoms with Crippen molar-refractivity contribution in [2.24, 2.45) is 0 Å². The second-order valence-electron chi connectivity index (χ2n) is 4.36. The van der Waals surface area contributed by atoms with Crippen molar-refractivity contribution < 1.29 is 4.74 Å². The van der Waals surface area contributed by atoms with E-state index in [0.717, 1.165) is 54.9 Å². The highest BCUT2D eigenvalue weighted by molar-refractivity contribution is 9.10. The molecule has 2 rings (SSSR count). The van der Waals surface area contributed by atoms with E-state index in [1.54, 1.807) is 0 Å². The molecule has 1 aliphatic heterocycles. The molecule has 0 spiro atoms. The first-order valence-electron chi connectivity index (χ1n) is 6.12. The lowest BCUT2D eigenvalue weighted by atomic mass is 9.99. The van der Waals surface area contributed by atoms with Crippen LogP contribution in [-0.4, -0.2) is 23.2 Å². The van der Waals surface area contributed by atoms with Gasteiger partial charge in [0.1, 0.15) is 11.6 Å². The van der Waals surface area contributed by atoms with Crippen LogP contribution in [0.2, 0.25) is 0 Å². The molecule has 1 aromatic heterocycles. The largest absolute Gasteiger partial charge is 0.383 e. The zero-order valence-corrected chi connectivity index (χ0v) is 11.7. The molecule has 2 N–H and O–H groups in total. The number of hydrogen-bond donors (Lipinski definition) is 1. The highest BCUT2D eigenvalue weighted by atomic mass is 79.9. The average molecular weight is 300 g/mol. The molecule has 1 fully saturated rings. The van der Waals surface area contributed by atoms with Crippen LogP contribution in [0.25, 0.3) is 0 Å². The number of hydrogen-bond acceptors (Lipinski definition) is 4. The number of anilines is 1. The maximum Gasteiger partial charge on any atom is 0.141 e. The Labute approximate surface area is 110 Å². The van der Waals surface area contributed by atoms with E-state index in [-0.39, 0.29) is 0 Å². The highest BCUT2D eigenvalue weighted by Crippen LogP contribution is 2.29. The summed E-state index contributed by atoms with van der Waals surface area (Å²) in [7, 11) is 0. The van der Waals surface area contributed by atoms with Gasteiger partial charge in [0.05, 0.1) is 10.2 Å². The molecule has 94 valence electrons. The van der Waals surface area contributed by atoms with E-state index in [4.69, 9.17) is 10.5 Å². The lowest BCUT2D eigenvalue weighted by Crippen LogP contribution is -2.18. The van der Waals surface area contributed by atoms with Crippen LogP contribution in [0.1, 0.15) is 43.6 Å². The lowest BCUT2D eigenvalue weighted by Gasteiger charge is -2.21. The van der Waals surface area contributed by atoms with Gasteiger partial charge >= 0.3 is 0 Å². The Kier molecular flexibility index (Phi) is 4.34. The van der Waals surface area contributed by atoms with Crippen LogP contribution in [0.5, 0.6) is 0 Å². The Morgan fingerprint density at radius 3 is 2.71 bits per heavy atom. The minimum atomic E-state index is 0.398. The van der Waals surface area contributed by atoms with E-state index in [1.807, 2.05) is 0 Å². The molecule has 4 nitrogen and oxygen atoms in total. The zero-order valence-electron chi connectivity index (χ0n) is 10.1. The smallest absolute Gasteiger partial charge is 0.141 e. The fourth-order valence-corrected chi connectivity index (χ4v) is 2.45. The summed E-state index contributed by atoms with van der Waals surface area (Å²) in [6, 6.07) is 0. The summed E-state index contributed by atoms with van der Waals surface area (Å²) in [5, 5.41) is 0. The number of nitrogens with zero attached hydrogens (tertiary/aromatic N) is 2. The van der Waals surface area contributed by atoms with Gasteiger partial charge in [-0.2, -0.15) is 0 Å². The standard InChI is InChI=1S/C12H18BrN3O/c1-2-3-9-10(13)11(14)16-12(15-9)8-4-6-17-7-5-8/h8H,2-7H2,1H3,(H2,14,15,16). The Morgan fingerprint density at radius 2 is 2.06 bits per heavy atom. The van der Waals surface area contributed by atoms with Crippen LogP contribution in [0.15, 0.2) is 4.47 Å². The summed E-state index contributed by atoms with van der Waals surface area (Å²) in [4.78, 5) is 9.06. The minimum absolute atomic E-state index is 0.398. The fourth-order valence-electron chi connectivity index (χ4n) is 2.07. The first kappa shape index (κ1) is 12.8. The highest BCUT2D eigenvalue weighted by Gasteiger charge is 2.20. The van der Waals surface area contributed by atoms with Gasteiger partial charge < -0.3 is 10.5 Å². The van der Waals surface area contributed by atoms with Gasteiger partial charge in [-0.3, -0.25) is 0 Å². The van der Waals surface area contributed by atoms with Crippen LogP contribution >= 0.6 is 15.9 Å². The molecule has 0 bridgehead atoms. The van der Waals surface area contributed by atoms with Gasteiger partial charge in [0.15, 0.2) is 0 Å². The molecule has 17 heavy (non-hydrogen) atoms. The maximum absolute atomic E-state index is 5.93. The maximum atomic E-state index is 5.93. The Balaban J connectivity index is 2.27. The number of rotatable bonds is 3. The van der Waals surface area contributed by atoms with Gasteiger partial charge in [-0.25, -0.2) is 9.97 Å². The summed E-state index contributed by atoms with van der Waals surface area (Å²) >= 11 is 3.46. The Morgan fingerprint density at radius 1 is 1.35 bits per heavy atom. The van der Waals surface area contributed by atoms with Crippen molar-refractivity contribution in [1.82, 2.24) is 9.97 Å².